The van der Waals surface area contributed by atoms with E-state index in [1.165, 1.54) is 0 Å². The minimum Gasteiger partial charge on any atom is -0.437 e. The number of allylic oxidation sites excluding steroid dienone is 1. The van der Waals surface area contributed by atoms with Gasteiger partial charge in [0.15, 0.2) is 0 Å². The molecular formula is C18H17BrClNO2. The summed E-state index contributed by atoms with van der Waals surface area (Å²) in [6.45, 7) is 3.61. The first-order valence-corrected chi connectivity index (χ1v) is 8.37. The van der Waals surface area contributed by atoms with E-state index in [4.69, 9.17) is 16.3 Å². The van der Waals surface area contributed by atoms with Crippen LogP contribution in [0.25, 0.3) is 6.08 Å². The lowest BCUT2D eigenvalue weighted by molar-refractivity contribution is -0.117. The lowest BCUT2D eigenvalue weighted by Crippen LogP contribution is -1.97. The number of ketones is 1. The Bertz CT molecular complexity index is 713. The fourth-order valence-corrected chi connectivity index (χ4v) is 2.73. The van der Waals surface area contributed by atoms with Gasteiger partial charge in [-0.3, -0.25) is 0 Å². The first-order valence-electron chi connectivity index (χ1n) is 7.20. The van der Waals surface area contributed by atoms with Crippen LogP contribution in [0.15, 0.2) is 47.1 Å². The van der Waals surface area contributed by atoms with Crippen LogP contribution < -0.4 is 4.74 Å². The highest BCUT2D eigenvalue weighted by Crippen LogP contribution is 2.30. The largest absolute Gasteiger partial charge is 0.437 e. The van der Waals surface area contributed by atoms with Crippen molar-refractivity contribution in [2.75, 3.05) is 0 Å². The van der Waals surface area contributed by atoms with Gasteiger partial charge in [-0.1, -0.05) is 46.6 Å². The van der Waals surface area contributed by atoms with Crippen molar-refractivity contribution in [3.05, 3.63) is 57.7 Å². The number of carbonyl (C=O) groups is 1. The maximum atomic E-state index is 11.1. The second kappa shape index (κ2) is 8.27. The number of ether oxygens (including phenoxy) is 1. The number of hydrogen-bond acceptors (Lipinski definition) is 3. The van der Waals surface area contributed by atoms with Crippen molar-refractivity contribution in [1.29, 1.82) is 0 Å². The topological polar surface area (TPSA) is 39.2 Å². The summed E-state index contributed by atoms with van der Waals surface area (Å²) in [6.07, 6.45) is 6.23. The predicted octanol–water partition coefficient (Wildman–Crippen LogP) is 5.92. The number of Topliss-reactive ketones (excluding diaryl/α,β-unsaturated/α-hetero) is 1. The van der Waals surface area contributed by atoms with Crippen molar-refractivity contribution in [3.8, 4) is 11.6 Å². The van der Waals surface area contributed by atoms with Crippen LogP contribution >= 0.6 is 27.5 Å². The second-order valence-corrected chi connectivity index (χ2v) is 6.67. The summed E-state index contributed by atoms with van der Waals surface area (Å²) >= 11 is 9.47. The molecule has 1 aromatic carbocycles. The molecule has 0 N–H and O–H groups in total. The molecule has 0 bridgehead atoms. The summed E-state index contributed by atoms with van der Waals surface area (Å²) in [5, 5.41) is 0.517. The summed E-state index contributed by atoms with van der Waals surface area (Å²) in [7, 11) is 0. The van der Waals surface area contributed by atoms with Crippen LogP contribution in [-0.4, -0.2) is 10.8 Å². The van der Waals surface area contributed by atoms with Crippen molar-refractivity contribution in [3.63, 3.8) is 0 Å². The standard InChI is InChI=1S/C18H17BrClNO2/c1-12(9-13(2)22)3-4-14-5-8-18(21-11-14)23-17-7-6-15(19)10-16(17)20/h3-8,10-12H,9H2,1-2H3/b4-3+/t12-/m0/s1. The van der Waals surface area contributed by atoms with Crippen LogP contribution in [0, 0.1) is 5.92 Å². The van der Waals surface area contributed by atoms with E-state index < -0.39 is 0 Å². The average molecular weight is 395 g/mol. The number of hydrogen-bond donors (Lipinski definition) is 0. The van der Waals surface area contributed by atoms with Crippen LogP contribution in [0.3, 0.4) is 0 Å². The van der Waals surface area contributed by atoms with Crippen molar-refractivity contribution in [2.45, 2.75) is 20.3 Å². The SMILES string of the molecule is CC(=O)C[C@@H](C)/C=C/c1ccc(Oc2ccc(Br)cc2Cl)nc1. The Morgan fingerprint density at radius 2 is 2.17 bits per heavy atom. The van der Waals surface area contributed by atoms with E-state index in [9.17, 15) is 4.79 Å². The molecule has 1 heterocycles. The minimum atomic E-state index is 0.190. The number of rotatable bonds is 6. The molecule has 2 rings (SSSR count). The monoisotopic (exact) mass is 393 g/mol. The third kappa shape index (κ3) is 5.81. The molecule has 0 aliphatic rings. The number of aromatic nitrogens is 1. The summed E-state index contributed by atoms with van der Waals surface area (Å²) in [4.78, 5) is 15.3. The van der Waals surface area contributed by atoms with E-state index >= 15 is 0 Å². The number of nitrogens with zero attached hydrogens (tertiary/aromatic N) is 1. The molecule has 2 aromatic rings. The van der Waals surface area contributed by atoms with Crippen LogP contribution in [-0.2, 0) is 4.79 Å². The zero-order valence-corrected chi connectivity index (χ0v) is 15.3. The van der Waals surface area contributed by atoms with E-state index in [2.05, 4.69) is 20.9 Å². The maximum Gasteiger partial charge on any atom is 0.219 e. The molecule has 0 aliphatic carbocycles. The lowest BCUT2D eigenvalue weighted by atomic mass is 10.0. The first kappa shape index (κ1) is 17.7. The Labute approximate surface area is 149 Å². The van der Waals surface area contributed by atoms with Gasteiger partial charge < -0.3 is 9.53 Å². The second-order valence-electron chi connectivity index (χ2n) is 5.35. The molecule has 0 spiro atoms. The first-order chi connectivity index (χ1) is 10.9. The number of carbonyl (C=O) groups excluding carboxylic acids is 1. The van der Waals surface area contributed by atoms with Gasteiger partial charge in [0.2, 0.25) is 5.88 Å². The van der Waals surface area contributed by atoms with Gasteiger partial charge in [-0.25, -0.2) is 4.98 Å². The smallest absolute Gasteiger partial charge is 0.219 e. The number of halogens is 2. The maximum absolute atomic E-state index is 11.1. The van der Waals surface area contributed by atoms with Gasteiger partial charge in [-0.15, -0.1) is 0 Å². The molecule has 0 amide bonds. The van der Waals surface area contributed by atoms with Gasteiger partial charge >= 0.3 is 0 Å². The molecular weight excluding hydrogens is 378 g/mol. The van der Waals surface area contributed by atoms with E-state index in [-0.39, 0.29) is 11.7 Å². The van der Waals surface area contributed by atoms with Gasteiger partial charge in [0, 0.05) is 23.2 Å². The molecule has 1 aromatic heterocycles. The fourth-order valence-electron chi connectivity index (χ4n) is 2.02. The van der Waals surface area contributed by atoms with Gasteiger partial charge in [0.05, 0.1) is 5.02 Å². The minimum absolute atomic E-state index is 0.190. The van der Waals surface area contributed by atoms with Crippen molar-refractivity contribution >= 4 is 39.4 Å². The van der Waals surface area contributed by atoms with E-state index in [0.717, 1.165) is 10.0 Å². The normalized spacial score (nSPS) is 12.3. The van der Waals surface area contributed by atoms with E-state index in [1.54, 1.807) is 31.3 Å². The third-order valence-electron chi connectivity index (χ3n) is 3.09. The van der Waals surface area contributed by atoms with Crippen molar-refractivity contribution in [1.82, 2.24) is 4.98 Å². The molecule has 23 heavy (non-hydrogen) atoms. The Kier molecular flexibility index (Phi) is 6.37. The van der Waals surface area contributed by atoms with Crippen LogP contribution in [0.1, 0.15) is 25.8 Å². The quantitative estimate of drug-likeness (QED) is 0.610. The average Bonchev–Trinajstić information content (AvgIpc) is 2.49. The third-order valence-corrected chi connectivity index (χ3v) is 3.88. The van der Waals surface area contributed by atoms with Crippen molar-refractivity contribution < 1.29 is 9.53 Å². The molecule has 0 saturated heterocycles. The highest BCUT2D eigenvalue weighted by molar-refractivity contribution is 9.10. The molecule has 5 heteroatoms. The molecule has 0 fully saturated rings. The summed E-state index contributed by atoms with van der Waals surface area (Å²) in [5.41, 5.74) is 0.953. The highest BCUT2D eigenvalue weighted by Gasteiger charge is 2.05. The summed E-state index contributed by atoms with van der Waals surface area (Å²) in [5.74, 6) is 1.43. The van der Waals surface area contributed by atoms with Gasteiger partial charge in [0.25, 0.3) is 0 Å². The summed E-state index contributed by atoms with van der Waals surface area (Å²) in [6, 6.07) is 9.10. The van der Waals surface area contributed by atoms with Crippen LogP contribution in [0.4, 0.5) is 0 Å². The molecule has 0 aliphatic heterocycles. The van der Waals surface area contributed by atoms with Gasteiger partial charge in [-0.05, 0) is 42.7 Å². The Morgan fingerprint density at radius 1 is 1.39 bits per heavy atom. The zero-order chi connectivity index (χ0) is 16.8. The van der Waals surface area contributed by atoms with E-state index in [0.29, 0.717) is 23.1 Å². The molecule has 0 unspecified atom stereocenters. The Balaban J connectivity index is 2.02. The lowest BCUT2D eigenvalue weighted by Gasteiger charge is -2.07. The molecule has 120 valence electrons. The van der Waals surface area contributed by atoms with Gasteiger partial charge in [0.1, 0.15) is 11.5 Å². The van der Waals surface area contributed by atoms with Crippen LogP contribution in [0.2, 0.25) is 5.02 Å². The molecule has 3 nitrogen and oxygen atoms in total. The molecule has 0 radical (unpaired) electrons. The highest BCUT2D eigenvalue weighted by atomic mass is 79.9. The zero-order valence-electron chi connectivity index (χ0n) is 12.9. The predicted molar refractivity (Wildman–Crippen MR) is 97.0 cm³/mol. The number of pyridine rings is 1. The summed E-state index contributed by atoms with van der Waals surface area (Å²) < 4.78 is 6.56. The van der Waals surface area contributed by atoms with E-state index in [1.807, 2.05) is 31.2 Å². The Morgan fingerprint density at radius 3 is 2.78 bits per heavy atom. The molecule has 0 saturated carbocycles. The number of benzene rings is 1. The van der Waals surface area contributed by atoms with Gasteiger partial charge in [-0.2, -0.15) is 0 Å². The van der Waals surface area contributed by atoms with Crippen LogP contribution in [0.5, 0.6) is 11.6 Å². The Hall–Kier alpha value is -1.65. The fraction of sp³-hybridized carbons (Fsp3) is 0.222. The molecule has 1 atom stereocenters. The van der Waals surface area contributed by atoms with Crippen molar-refractivity contribution in [2.24, 2.45) is 5.92 Å².